The first-order valence-electron chi connectivity index (χ1n) is 6.03. The second kappa shape index (κ2) is 8.13. The lowest BCUT2D eigenvalue weighted by Gasteiger charge is -2.15. The molecule has 0 aromatic carbocycles. The highest BCUT2D eigenvalue weighted by Gasteiger charge is 2.16. The normalized spacial score (nSPS) is 14.2. The minimum Gasteiger partial charge on any atom is -0.480 e. The number of carboxylic acids is 1. The molecule has 1 unspecified atom stereocenters. The summed E-state index contributed by atoms with van der Waals surface area (Å²) in [5.74, 6) is -0.770. The zero-order chi connectivity index (χ0) is 12.6. The van der Waals surface area contributed by atoms with E-state index in [4.69, 9.17) is 5.11 Å². The highest BCUT2D eigenvalue weighted by atomic mass is 16.4. The monoisotopic (exact) mass is 229 g/mol. The first-order chi connectivity index (χ1) is 7.51. The molecular formula is C12H23NO3. The van der Waals surface area contributed by atoms with Gasteiger partial charge in [-0.15, -0.1) is 0 Å². The van der Waals surface area contributed by atoms with E-state index in [0.29, 0.717) is 12.3 Å². The third-order valence-electron chi connectivity index (χ3n) is 2.77. The van der Waals surface area contributed by atoms with Gasteiger partial charge in [0.25, 0.3) is 0 Å². The molecule has 0 aliphatic heterocycles. The molecule has 0 radical (unpaired) electrons. The summed E-state index contributed by atoms with van der Waals surface area (Å²) in [7, 11) is 0. The van der Waals surface area contributed by atoms with E-state index in [1.165, 1.54) is 6.92 Å². The van der Waals surface area contributed by atoms with Crippen LogP contribution in [0.5, 0.6) is 0 Å². The standard InChI is InChI=1S/C12H23NO3/c1-4-6-7-10(5-2)8-11(14)13-9(3)12(15)16/h9-10H,4-8H2,1-3H3,(H,13,14)(H,15,16)/t9-,10?/m1/s1. The predicted octanol–water partition coefficient (Wildman–Crippen LogP) is 2.18. The van der Waals surface area contributed by atoms with E-state index < -0.39 is 12.0 Å². The fourth-order valence-corrected chi connectivity index (χ4v) is 1.57. The van der Waals surface area contributed by atoms with E-state index in [1.54, 1.807) is 0 Å². The highest BCUT2D eigenvalue weighted by Crippen LogP contribution is 2.16. The molecule has 0 aromatic heterocycles. The van der Waals surface area contributed by atoms with Crippen molar-refractivity contribution in [2.75, 3.05) is 0 Å². The van der Waals surface area contributed by atoms with Gasteiger partial charge in [0.2, 0.25) is 5.91 Å². The van der Waals surface area contributed by atoms with Gasteiger partial charge >= 0.3 is 5.97 Å². The fraction of sp³-hybridized carbons (Fsp3) is 0.833. The Morgan fingerprint density at radius 1 is 1.31 bits per heavy atom. The summed E-state index contributed by atoms with van der Waals surface area (Å²) in [5.41, 5.74) is 0. The molecule has 2 atom stereocenters. The average Bonchev–Trinajstić information content (AvgIpc) is 2.23. The minimum absolute atomic E-state index is 0.155. The van der Waals surface area contributed by atoms with Gasteiger partial charge in [0.15, 0.2) is 0 Å². The first kappa shape index (κ1) is 14.9. The molecule has 2 N–H and O–H groups in total. The second-order valence-corrected chi connectivity index (χ2v) is 4.25. The number of amides is 1. The molecule has 0 saturated carbocycles. The largest absolute Gasteiger partial charge is 0.480 e. The van der Waals surface area contributed by atoms with E-state index in [9.17, 15) is 9.59 Å². The van der Waals surface area contributed by atoms with Gasteiger partial charge in [0, 0.05) is 6.42 Å². The van der Waals surface area contributed by atoms with Crippen LogP contribution in [0.3, 0.4) is 0 Å². The van der Waals surface area contributed by atoms with Crippen molar-refractivity contribution in [3.63, 3.8) is 0 Å². The molecule has 16 heavy (non-hydrogen) atoms. The Morgan fingerprint density at radius 3 is 2.38 bits per heavy atom. The molecule has 0 fully saturated rings. The lowest BCUT2D eigenvalue weighted by atomic mass is 9.95. The van der Waals surface area contributed by atoms with Crippen molar-refractivity contribution >= 4 is 11.9 Å². The van der Waals surface area contributed by atoms with Crippen LogP contribution in [0.15, 0.2) is 0 Å². The van der Waals surface area contributed by atoms with Gasteiger partial charge in [-0.1, -0.05) is 33.1 Å². The molecular weight excluding hydrogens is 206 g/mol. The van der Waals surface area contributed by atoms with Gasteiger partial charge < -0.3 is 10.4 Å². The Kier molecular flexibility index (Phi) is 7.60. The molecule has 94 valence electrons. The van der Waals surface area contributed by atoms with E-state index in [1.807, 2.05) is 0 Å². The van der Waals surface area contributed by atoms with Crippen molar-refractivity contribution in [2.24, 2.45) is 5.92 Å². The molecule has 0 rings (SSSR count). The number of rotatable bonds is 8. The molecule has 0 aromatic rings. The molecule has 0 saturated heterocycles. The molecule has 0 aliphatic carbocycles. The number of unbranched alkanes of at least 4 members (excludes halogenated alkanes) is 1. The van der Waals surface area contributed by atoms with Crippen molar-refractivity contribution in [3.8, 4) is 0 Å². The molecule has 0 aliphatic rings. The maximum Gasteiger partial charge on any atom is 0.325 e. The number of nitrogens with one attached hydrogen (secondary N) is 1. The summed E-state index contributed by atoms with van der Waals surface area (Å²) < 4.78 is 0. The Labute approximate surface area is 97.4 Å². The maximum atomic E-state index is 11.5. The van der Waals surface area contributed by atoms with Crippen LogP contribution in [-0.4, -0.2) is 23.0 Å². The van der Waals surface area contributed by atoms with Crippen molar-refractivity contribution in [2.45, 2.75) is 58.9 Å². The molecule has 0 spiro atoms. The first-order valence-corrected chi connectivity index (χ1v) is 6.03. The third kappa shape index (κ3) is 6.43. The highest BCUT2D eigenvalue weighted by molar-refractivity contribution is 5.83. The summed E-state index contributed by atoms with van der Waals surface area (Å²) in [6, 6.07) is -0.795. The van der Waals surface area contributed by atoms with E-state index in [2.05, 4.69) is 19.2 Å². The molecule has 0 heterocycles. The van der Waals surface area contributed by atoms with Crippen LogP contribution in [0.25, 0.3) is 0 Å². The quantitative estimate of drug-likeness (QED) is 0.670. The van der Waals surface area contributed by atoms with Gasteiger partial charge in [-0.05, 0) is 19.3 Å². The number of hydrogen-bond donors (Lipinski definition) is 2. The third-order valence-corrected chi connectivity index (χ3v) is 2.77. The predicted molar refractivity (Wildman–Crippen MR) is 63.2 cm³/mol. The lowest BCUT2D eigenvalue weighted by Crippen LogP contribution is -2.39. The van der Waals surface area contributed by atoms with Gasteiger partial charge in [-0.2, -0.15) is 0 Å². The van der Waals surface area contributed by atoms with E-state index in [0.717, 1.165) is 25.7 Å². The number of carboxylic acid groups (broad SMARTS) is 1. The van der Waals surface area contributed by atoms with Crippen molar-refractivity contribution in [1.29, 1.82) is 0 Å². The Morgan fingerprint density at radius 2 is 1.94 bits per heavy atom. The number of hydrogen-bond acceptors (Lipinski definition) is 2. The van der Waals surface area contributed by atoms with Gasteiger partial charge in [-0.3, -0.25) is 9.59 Å². The van der Waals surface area contributed by atoms with Crippen LogP contribution in [0, 0.1) is 5.92 Å². The SMILES string of the molecule is CCCCC(CC)CC(=O)N[C@H](C)C(=O)O. The summed E-state index contributed by atoms with van der Waals surface area (Å²) in [4.78, 5) is 22.1. The van der Waals surface area contributed by atoms with Crippen LogP contribution in [0.1, 0.15) is 52.9 Å². The van der Waals surface area contributed by atoms with Crippen LogP contribution in [-0.2, 0) is 9.59 Å². The summed E-state index contributed by atoms with van der Waals surface area (Å²) in [6.45, 7) is 5.67. The molecule has 4 heteroatoms. The van der Waals surface area contributed by atoms with Gasteiger partial charge in [0.1, 0.15) is 6.04 Å². The van der Waals surface area contributed by atoms with Gasteiger partial charge in [-0.25, -0.2) is 0 Å². The Bertz CT molecular complexity index is 228. The maximum absolute atomic E-state index is 11.5. The molecule has 4 nitrogen and oxygen atoms in total. The zero-order valence-electron chi connectivity index (χ0n) is 10.5. The average molecular weight is 229 g/mol. The minimum atomic E-state index is -0.991. The smallest absolute Gasteiger partial charge is 0.325 e. The van der Waals surface area contributed by atoms with Crippen LogP contribution >= 0.6 is 0 Å². The Balaban J connectivity index is 3.95. The zero-order valence-corrected chi connectivity index (χ0v) is 10.5. The summed E-state index contributed by atoms with van der Waals surface area (Å²) >= 11 is 0. The van der Waals surface area contributed by atoms with Crippen molar-refractivity contribution in [3.05, 3.63) is 0 Å². The lowest BCUT2D eigenvalue weighted by molar-refractivity contribution is -0.141. The van der Waals surface area contributed by atoms with Crippen LogP contribution in [0.4, 0.5) is 0 Å². The fourth-order valence-electron chi connectivity index (χ4n) is 1.57. The van der Waals surface area contributed by atoms with Crippen molar-refractivity contribution < 1.29 is 14.7 Å². The Hall–Kier alpha value is -1.06. The number of carbonyl (C=O) groups excluding carboxylic acids is 1. The summed E-state index contributed by atoms with van der Waals surface area (Å²) in [5, 5.41) is 11.1. The number of aliphatic carboxylic acids is 1. The van der Waals surface area contributed by atoms with Crippen molar-refractivity contribution in [1.82, 2.24) is 5.32 Å². The van der Waals surface area contributed by atoms with Gasteiger partial charge in [0.05, 0.1) is 0 Å². The van der Waals surface area contributed by atoms with Crippen LogP contribution in [0.2, 0.25) is 0 Å². The molecule has 1 amide bonds. The van der Waals surface area contributed by atoms with E-state index >= 15 is 0 Å². The van der Waals surface area contributed by atoms with E-state index in [-0.39, 0.29) is 5.91 Å². The number of carbonyl (C=O) groups is 2. The topological polar surface area (TPSA) is 66.4 Å². The summed E-state index contributed by atoms with van der Waals surface area (Å²) in [6.07, 6.45) is 4.70. The van der Waals surface area contributed by atoms with Crippen LogP contribution < -0.4 is 5.32 Å². The second-order valence-electron chi connectivity index (χ2n) is 4.25. The molecule has 0 bridgehead atoms.